The molecular weight excluding hydrogens is 160 g/mol. The molecular formula is C6H4N4O2. The van der Waals surface area contributed by atoms with Gasteiger partial charge in [-0.2, -0.15) is 15.4 Å². The molecule has 0 aliphatic carbocycles. The lowest BCUT2D eigenvalue weighted by Gasteiger charge is -1.92. The van der Waals surface area contributed by atoms with E-state index < -0.39 is 0 Å². The Morgan fingerprint density at radius 3 is 3.00 bits per heavy atom. The first-order valence-electron chi connectivity index (χ1n) is 3.18. The summed E-state index contributed by atoms with van der Waals surface area (Å²) in [7, 11) is 0. The second kappa shape index (κ2) is 2.26. The number of fused-ring (bicyclic) bond motifs is 1. The number of hydrogen-bond acceptors (Lipinski definition) is 5. The van der Waals surface area contributed by atoms with Crippen LogP contribution in [0.5, 0.6) is 5.75 Å². The predicted molar refractivity (Wildman–Crippen MR) is 41.0 cm³/mol. The molecule has 0 saturated heterocycles. The minimum atomic E-state index is -0.189. The molecule has 0 atom stereocenters. The van der Waals surface area contributed by atoms with Crippen LogP contribution in [0.15, 0.2) is 17.3 Å². The molecule has 0 saturated carbocycles. The largest absolute Gasteiger partial charge is 0.505 e. The van der Waals surface area contributed by atoms with Crippen molar-refractivity contribution in [3.05, 3.63) is 17.0 Å². The lowest BCUT2D eigenvalue weighted by Crippen LogP contribution is -1.72. The highest BCUT2D eigenvalue weighted by Gasteiger charge is 2.09. The zero-order valence-corrected chi connectivity index (χ0v) is 5.85. The van der Waals surface area contributed by atoms with Crippen molar-refractivity contribution < 1.29 is 5.11 Å². The van der Waals surface area contributed by atoms with E-state index in [0.29, 0.717) is 5.52 Å². The number of phenols is 1. The van der Waals surface area contributed by atoms with Crippen molar-refractivity contribution in [1.82, 2.24) is 15.4 Å². The third-order valence-electron chi connectivity index (χ3n) is 1.53. The Morgan fingerprint density at radius 2 is 2.25 bits per heavy atom. The number of phenolic OH excluding ortho intramolecular Hbond substituents is 1. The minimum Gasteiger partial charge on any atom is -0.505 e. The van der Waals surface area contributed by atoms with Gasteiger partial charge in [-0.15, -0.1) is 4.91 Å². The third-order valence-corrected chi connectivity index (χ3v) is 1.53. The van der Waals surface area contributed by atoms with E-state index in [2.05, 4.69) is 20.6 Å². The molecule has 6 heteroatoms. The average Bonchev–Trinajstić information content (AvgIpc) is 2.52. The van der Waals surface area contributed by atoms with Gasteiger partial charge in [-0.25, -0.2) is 0 Å². The maximum atomic E-state index is 10.2. The normalized spacial score (nSPS) is 10.3. The number of benzene rings is 1. The second-order valence-corrected chi connectivity index (χ2v) is 2.22. The third kappa shape index (κ3) is 0.746. The molecule has 0 spiro atoms. The first-order chi connectivity index (χ1) is 5.83. The van der Waals surface area contributed by atoms with Crippen LogP contribution >= 0.6 is 0 Å². The van der Waals surface area contributed by atoms with Gasteiger partial charge in [0, 0.05) is 0 Å². The van der Waals surface area contributed by atoms with E-state index in [1.807, 2.05) is 0 Å². The van der Waals surface area contributed by atoms with Crippen molar-refractivity contribution in [1.29, 1.82) is 0 Å². The summed E-state index contributed by atoms with van der Waals surface area (Å²) in [4.78, 5) is 10.2. The Kier molecular flexibility index (Phi) is 1.26. The molecule has 2 rings (SSSR count). The Labute approximate surface area is 66.2 Å². The van der Waals surface area contributed by atoms with Crippen LogP contribution < -0.4 is 0 Å². The lowest BCUT2D eigenvalue weighted by atomic mass is 10.2. The molecule has 0 amide bonds. The summed E-state index contributed by atoms with van der Waals surface area (Å²) >= 11 is 0. The first-order valence-corrected chi connectivity index (χ1v) is 3.18. The summed E-state index contributed by atoms with van der Waals surface area (Å²) in [6.45, 7) is 0. The van der Waals surface area contributed by atoms with Crippen LogP contribution in [0.3, 0.4) is 0 Å². The van der Waals surface area contributed by atoms with Crippen LogP contribution in [-0.4, -0.2) is 20.5 Å². The summed E-state index contributed by atoms with van der Waals surface area (Å²) in [5, 5.41) is 21.5. The maximum absolute atomic E-state index is 10.2. The fraction of sp³-hybridized carbons (Fsp3) is 0. The molecule has 1 aromatic heterocycles. The number of nitroso groups, excluding NO2 is 1. The van der Waals surface area contributed by atoms with E-state index in [4.69, 9.17) is 5.11 Å². The fourth-order valence-electron chi connectivity index (χ4n) is 0.978. The maximum Gasteiger partial charge on any atom is 0.179 e. The van der Waals surface area contributed by atoms with Crippen molar-refractivity contribution in [3.63, 3.8) is 0 Å². The molecule has 2 N–H and O–H groups in total. The Balaban J connectivity index is 2.91. The molecule has 6 nitrogen and oxygen atoms in total. The second-order valence-electron chi connectivity index (χ2n) is 2.22. The van der Waals surface area contributed by atoms with Crippen LogP contribution in [0.25, 0.3) is 11.0 Å². The molecule has 2 aromatic rings. The van der Waals surface area contributed by atoms with Gasteiger partial charge in [0.2, 0.25) is 0 Å². The van der Waals surface area contributed by atoms with Crippen LogP contribution in [0.1, 0.15) is 0 Å². The number of aromatic amines is 1. The molecule has 0 bridgehead atoms. The van der Waals surface area contributed by atoms with Gasteiger partial charge in [-0.05, 0) is 17.3 Å². The molecule has 0 fully saturated rings. The van der Waals surface area contributed by atoms with Crippen LogP contribution in [0.2, 0.25) is 0 Å². The highest BCUT2D eigenvalue weighted by atomic mass is 16.3. The monoisotopic (exact) mass is 164 g/mol. The summed E-state index contributed by atoms with van der Waals surface area (Å²) in [5.41, 5.74) is 0.702. The quantitative estimate of drug-likeness (QED) is 0.616. The molecule has 0 radical (unpaired) electrons. The Bertz CT molecular complexity index is 436. The zero-order valence-electron chi connectivity index (χ0n) is 5.85. The highest BCUT2D eigenvalue weighted by Crippen LogP contribution is 2.31. The van der Waals surface area contributed by atoms with Crippen molar-refractivity contribution in [3.8, 4) is 5.75 Å². The highest BCUT2D eigenvalue weighted by molar-refractivity contribution is 5.88. The SMILES string of the molecule is O=Nc1c(O)ccc2n[nH]nc12. The topological polar surface area (TPSA) is 91.2 Å². The van der Waals surface area contributed by atoms with E-state index in [1.165, 1.54) is 6.07 Å². The fourth-order valence-corrected chi connectivity index (χ4v) is 0.978. The summed E-state index contributed by atoms with van der Waals surface area (Å²) < 4.78 is 0. The van der Waals surface area contributed by atoms with Gasteiger partial charge in [-0.1, -0.05) is 0 Å². The number of rotatable bonds is 1. The predicted octanol–water partition coefficient (Wildman–Crippen LogP) is 1.06. The van der Waals surface area contributed by atoms with Crippen molar-refractivity contribution in [2.75, 3.05) is 0 Å². The molecule has 1 heterocycles. The standard InChI is InChI=1S/C6H4N4O2/c11-4-2-1-3-5(6(4)9-12)8-10-7-3/h1-2,11H,(H,7,8,10). The van der Waals surface area contributed by atoms with E-state index in [9.17, 15) is 4.91 Å². The number of aromatic nitrogens is 3. The summed E-state index contributed by atoms with van der Waals surface area (Å²) in [6, 6.07) is 2.89. The van der Waals surface area contributed by atoms with Crippen molar-refractivity contribution in [2.45, 2.75) is 0 Å². The van der Waals surface area contributed by atoms with E-state index >= 15 is 0 Å². The molecule has 12 heavy (non-hydrogen) atoms. The van der Waals surface area contributed by atoms with Gasteiger partial charge >= 0.3 is 0 Å². The zero-order chi connectivity index (χ0) is 8.55. The van der Waals surface area contributed by atoms with Gasteiger partial charge in [0.25, 0.3) is 0 Å². The van der Waals surface area contributed by atoms with Gasteiger partial charge in [-0.3, -0.25) is 0 Å². The first kappa shape index (κ1) is 6.71. The number of H-pyrrole nitrogens is 1. The molecule has 0 unspecified atom stereocenters. The smallest absolute Gasteiger partial charge is 0.179 e. The van der Waals surface area contributed by atoms with E-state index in [1.54, 1.807) is 6.07 Å². The van der Waals surface area contributed by atoms with E-state index in [0.717, 1.165) is 0 Å². The van der Waals surface area contributed by atoms with E-state index in [-0.39, 0.29) is 17.0 Å². The molecule has 1 aromatic carbocycles. The van der Waals surface area contributed by atoms with Gasteiger partial charge < -0.3 is 5.11 Å². The molecule has 60 valence electrons. The van der Waals surface area contributed by atoms with Gasteiger partial charge in [0.15, 0.2) is 5.69 Å². The number of aromatic hydroxyl groups is 1. The van der Waals surface area contributed by atoms with Crippen LogP contribution in [0.4, 0.5) is 5.69 Å². The number of hydrogen-bond donors (Lipinski definition) is 2. The summed E-state index contributed by atoms with van der Waals surface area (Å²) in [5.74, 6) is -0.189. The minimum absolute atomic E-state index is 0.0822. The van der Waals surface area contributed by atoms with Crippen LogP contribution in [0, 0.1) is 4.91 Å². The average molecular weight is 164 g/mol. The Morgan fingerprint density at radius 1 is 1.42 bits per heavy atom. The summed E-state index contributed by atoms with van der Waals surface area (Å²) in [6.07, 6.45) is 0. The van der Waals surface area contributed by atoms with Crippen molar-refractivity contribution in [2.24, 2.45) is 5.18 Å². The molecule has 0 aliphatic heterocycles. The Hall–Kier alpha value is -1.98. The van der Waals surface area contributed by atoms with Crippen molar-refractivity contribution >= 4 is 16.7 Å². The lowest BCUT2D eigenvalue weighted by molar-refractivity contribution is 0.477. The number of nitrogens with one attached hydrogen (secondary N) is 1. The van der Waals surface area contributed by atoms with Crippen LogP contribution in [-0.2, 0) is 0 Å². The number of nitrogens with zero attached hydrogens (tertiary/aromatic N) is 3. The molecule has 0 aliphatic rings. The van der Waals surface area contributed by atoms with Gasteiger partial charge in [0.05, 0.1) is 0 Å². The van der Waals surface area contributed by atoms with Gasteiger partial charge in [0.1, 0.15) is 16.8 Å².